The number of anilines is 2. The van der Waals surface area contributed by atoms with Gasteiger partial charge < -0.3 is 10.4 Å². The van der Waals surface area contributed by atoms with E-state index in [4.69, 9.17) is 16.7 Å². The van der Waals surface area contributed by atoms with Gasteiger partial charge in [0.15, 0.2) is 0 Å². The van der Waals surface area contributed by atoms with E-state index in [1.807, 2.05) is 0 Å². The van der Waals surface area contributed by atoms with Crippen LogP contribution in [0, 0.1) is 6.92 Å². The maximum Gasteiger partial charge on any atom is 0.411 e. The lowest BCUT2D eigenvalue weighted by molar-refractivity contribution is -0.114. The van der Waals surface area contributed by atoms with Crippen LogP contribution in [0.4, 0.5) is 16.2 Å². The van der Waals surface area contributed by atoms with Gasteiger partial charge in [0.25, 0.3) is 0 Å². The molecule has 0 aliphatic heterocycles. The van der Waals surface area contributed by atoms with Crippen molar-refractivity contribution in [1.29, 1.82) is 0 Å². The Hall–Kier alpha value is -1.75. The number of rotatable bonds is 2. The molecule has 17 heavy (non-hydrogen) atoms. The van der Waals surface area contributed by atoms with Crippen molar-refractivity contribution in [3.8, 4) is 0 Å². The molecule has 0 saturated carbocycles. The van der Waals surface area contributed by atoms with Crippen molar-refractivity contribution in [2.45, 2.75) is 13.8 Å². The van der Waals surface area contributed by atoms with Gasteiger partial charge in [-0.25, -0.2) is 4.79 Å². The van der Waals surface area contributed by atoms with Gasteiger partial charge in [0.2, 0.25) is 5.91 Å². The monoisotopic (exact) mass is 256 g/mol. The van der Waals surface area contributed by atoms with Gasteiger partial charge in [-0.15, -0.1) is 0 Å². The van der Waals surface area contributed by atoms with Crippen LogP contribution >= 0.6 is 11.6 Å². The average Bonchev–Trinajstić information content (AvgIpc) is 2.14. The van der Waals surface area contributed by atoms with Gasteiger partial charge in [-0.2, -0.15) is 0 Å². The van der Waals surface area contributed by atoms with Crippen LogP contribution in [-0.2, 0) is 4.79 Å². The number of nitrogens with zero attached hydrogens (tertiary/aromatic N) is 1. The first-order chi connectivity index (χ1) is 7.82. The molecule has 1 rings (SSSR count). The highest BCUT2D eigenvalue weighted by Gasteiger charge is 2.16. The fraction of sp³-hybridized carbons (Fsp3) is 0.273. The molecule has 2 amide bonds. The molecule has 0 aliphatic rings. The Morgan fingerprint density at radius 3 is 2.41 bits per heavy atom. The van der Waals surface area contributed by atoms with E-state index in [0.29, 0.717) is 16.9 Å². The number of carbonyl (C=O) groups excluding carboxylic acids is 1. The predicted octanol–water partition coefficient (Wildman–Crippen LogP) is 2.72. The third kappa shape index (κ3) is 3.10. The van der Waals surface area contributed by atoms with Crippen molar-refractivity contribution in [3.05, 3.63) is 22.7 Å². The molecule has 2 N–H and O–H groups in total. The zero-order valence-corrected chi connectivity index (χ0v) is 10.5. The highest BCUT2D eigenvalue weighted by Crippen LogP contribution is 2.32. The molecule has 1 aromatic rings. The quantitative estimate of drug-likeness (QED) is 0.855. The Morgan fingerprint density at radius 2 is 2.00 bits per heavy atom. The minimum atomic E-state index is -1.10. The van der Waals surface area contributed by atoms with Gasteiger partial charge in [-0.1, -0.05) is 11.6 Å². The van der Waals surface area contributed by atoms with Gasteiger partial charge in [-0.05, 0) is 24.6 Å². The van der Waals surface area contributed by atoms with Gasteiger partial charge in [0, 0.05) is 19.7 Å². The number of halogens is 1. The summed E-state index contributed by atoms with van der Waals surface area (Å²) in [6, 6.07) is 3.19. The standard InChI is InChI=1S/C11H13ClN2O3/c1-6-4-8(13-7(2)15)5-9(12)10(6)14(3)11(16)17/h4-5H,1-3H3,(H,13,15)(H,16,17). The largest absolute Gasteiger partial charge is 0.465 e. The molecule has 0 saturated heterocycles. The summed E-state index contributed by atoms with van der Waals surface area (Å²) in [7, 11) is 1.41. The van der Waals surface area contributed by atoms with Crippen LogP contribution in [-0.4, -0.2) is 24.2 Å². The normalized spacial score (nSPS) is 9.88. The van der Waals surface area contributed by atoms with Crippen molar-refractivity contribution in [2.24, 2.45) is 0 Å². The molecule has 0 bridgehead atoms. The lowest BCUT2D eigenvalue weighted by Gasteiger charge is -2.18. The van der Waals surface area contributed by atoms with E-state index in [9.17, 15) is 9.59 Å². The minimum absolute atomic E-state index is 0.209. The van der Waals surface area contributed by atoms with Crippen LogP contribution in [0.15, 0.2) is 12.1 Å². The maximum absolute atomic E-state index is 10.9. The van der Waals surface area contributed by atoms with Crippen molar-refractivity contribution in [1.82, 2.24) is 0 Å². The molecule has 92 valence electrons. The minimum Gasteiger partial charge on any atom is -0.465 e. The Labute approximate surface area is 104 Å². The molecule has 0 atom stereocenters. The third-order valence-corrected chi connectivity index (χ3v) is 2.48. The molecular formula is C11H13ClN2O3. The van der Waals surface area contributed by atoms with Gasteiger partial charge in [0.1, 0.15) is 0 Å². The van der Waals surface area contributed by atoms with Crippen molar-refractivity contribution >= 4 is 35.0 Å². The Kier molecular flexibility index (Phi) is 3.96. The zero-order valence-electron chi connectivity index (χ0n) is 9.74. The second kappa shape index (κ2) is 5.05. The number of benzene rings is 1. The molecule has 0 radical (unpaired) electrons. The average molecular weight is 257 g/mol. The molecule has 0 spiro atoms. The first-order valence-corrected chi connectivity index (χ1v) is 5.25. The lowest BCUT2D eigenvalue weighted by atomic mass is 10.1. The molecule has 5 nitrogen and oxygen atoms in total. The Bertz CT molecular complexity index is 451. The summed E-state index contributed by atoms with van der Waals surface area (Å²) < 4.78 is 0. The number of nitrogens with one attached hydrogen (secondary N) is 1. The van der Waals surface area contributed by atoms with E-state index in [1.165, 1.54) is 20.0 Å². The van der Waals surface area contributed by atoms with Crippen LogP contribution in [0.25, 0.3) is 0 Å². The number of hydrogen-bond donors (Lipinski definition) is 2. The first-order valence-electron chi connectivity index (χ1n) is 4.87. The molecule has 0 fully saturated rings. The number of aryl methyl sites for hydroxylation is 1. The Morgan fingerprint density at radius 1 is 1.41 bits per heavy atom. The van der Waals surface area contributed by atoms with Gasteiger partial charge in [-0.3, -0.25) is 9.69 Å². The molecule has 0 unspecified atom stereocenters. The fourth-order valence-electron chi connectivity index (χ4n) is 1.53. The van der Waals surface area contributed by atoms with Crippen LogP contribution in [0.3, 0.4) is 0 Å². The molecular weight excluding hydrogens is 244 g/mol. The topological polar surface area (TPSA) is 69.6 Å². The van der Waals surface area contributed by atoms with E-state index in [1.54, 1.807) is 13.0 Å². The van der Waals surface area contributed by atoms with Crippen LogP contribution in [0.2, 0.25) is 5.02 Å². The number of amides is 2. The van der Waals surface area contributed by atoms with Crippen LogP contribution in [0.1, 0.15) is 12.5 Å². The second-order valence-corrected chi connectivity index (χ2v) is 4.05. The lowest BCUT2D eigenvalue weighted by Crippen LogP contribution is -2.25. The highest BCUT2D eigenvalue weighted by molar-refractivity contribution is 6.34. The third-order valence-electron chi connectivity index (χ3n) is 2.20. The number of carboxylic acid groups (broad SMARTS) is 1. The summed E-state index contributed by atoms with van der Waals surface area (Å²) in [5, 5.41) is 11.8. The number of hydrogen-bond acceptors (Lipinski definition) is 2. The zero-order chi connectivity index (χ0) is 13.2. The molecule has 1 aromatic carbocycles. The summed E-state index contributed by atoms with van der Waals surface area (Å²) in [4.78, 5) is 22.8. The smallest absolute Gasteiger partial charge is 0.411 e. The molecule has 0 aliphatic carbocycles. The predicted molar refractivity (Wildman–Crippen MR) is 66.9 cm³/mol. The number of carbonyl (C=O) groups is 2. The fourth-order valence-corrected chi connectivity index (χ4v) is 1.93. The summed E-state index contributed by atoms with van der Waals surface area (Å²) in [6.07, 6.45) is -1.10. The first kappa shape index (κ1) is 13.3. The summed E-state index contributed by atoms with van der Waals surface area (Å²) in [6.45, 7) is 3.12. The molecule has 6 heteroatoms. The van der Waals surface area contributed by atoms with E-state index < -0.39 is 6.09 Å². The van der Waals surface area contributed by atoms with Gasteiger partial charge in [0.05, 0.1) is 10.7 Å². The Balaban J connectivity index is 3.19. The van der Waals surface area contributed by atoms with Crippen molar-refractivity contribution < 1.29 is 14.7 Å². The van der Waals surface area contributed by atoms with Crippen LogP contribution in [0.5, 0.6) is 0 Å². The summed E-state index contributed by atoms with van der Waals surface area (Å²) in [5.74, 6) is -0.209. The van der Waals surface area contributed by atoms with E-state index in [-0.39, 0.29) is 10.9 Å². The summed E-state index contributed by atoms with van der Waals surface area (Å²) in [5.41, 5.74) is 1.63. The van der Waals surface area contributed by atoms with E-state index in [2.05, 4.69) is 5.32 Å². The van der Waals surface area contributed by atoms with Crippen molar-refractivity contribution in [2.75, 3.05) is 17.3 Å². The van der Waals surface area contributed by atoms with Crippen LogP contribution < -0.4 is 10.2 Å². The SMILES string of the molecule is CC(=O)Nc1cc(C)c(N(C)C(=O)O)c(Cl)c1. The molecule has 0 aromatic heterocycles. The van der Waals surface area contributed by atoms with Gasteiger partial charge >= 0.3 is 6.09 Å². The van der Waals surface area contributed by atoms with Crippen molar-refractivity contribution in [3.63, 3.8) is 0 Å². The molecule has 0 heterocycles. The highest BCUT2D eigenvalue weighted by atomic mass is 35.5. The summed E-state index contributed by atoms with van der Waals surface area (Å²) >= 11 is 6.00. The second-order valence-electron chi connectivity index (χ2n) is 3.65. The van der Waals surface area contributed by atoms with E-state index >= 15 is 0 Å². The van der Waals surface area contributed by atoms with E-state index in [0.717, 1.165) is 4.90 Å². The maximum atomic E-state index is 10.9.